The van der Waals surface area contributed by atoms with Gasteiger partial charge < -0.3 is 9.84 Å². The molecule has 0 aliphatic carbocycles. The maximum atomic E-state index is 8.93. The third kappa shape index (κ3) is 3.34. The lowest BCUT2D eigenvalue weighted by Crippen LogP contribution is -2.07. The van der Waals surface area contributed by atoms with Crippen molar-refractivity contribution in [2.45, 2.75) is 19.4 Å². The highest BCUT2D eigenvalue weighted by molar-refractivity contribution is 5.15. The van der Waals surface area contributed by atoms with Gasteiger partial charge in [-0.15, -0.1) is 0 Å². The predicted molar refractivity (Wildman–Crippen MR) is 46.0 cm³/mol. The van der Waals surface area contributed by atoms with Crippen LogP contribution in [0.5, 0.6) is 5.75 Å². The maximum Gasteiger partial charge on any atom is 0.137 e. The highest BCUT2D eigenvalue weighted by Gasteiger charge is 1.96. The topological polar surface area (TPSA) is 42.4 Å². The van der Waals surface area contributed by atoms with Gasteiger partial charge in [-0.25, -0.2) is 0 Å². The van der Waals surface area contributed by atoms with Crippen molar-refractivity contribution in [2.75, 3.05) is 6.61 Å². The number of rotatable bonds is 4. The Morgan fingerprint density at radius 2 is 2.50 bits per heavy atom. The average Bonchev–Trinajstić information content (AvgIpc) is 2.05. The van der Waals surface area contributed by atoms with Gasteiger partial charge in [0.25, 0.3) is 0 Å². The Kier molecular flexibility index (Phi) is 3.54. The molecule has 0 bridgehead atoms. The largest absolute Gasteiger partial charge is 0.492 e. The van der Waals surface area contributed by atoms with Crippen LogP contribution in [0, 0.1) is 0 Å². The number of hydrogen-bond donors (Lipinski definition) is 1. The Balaban J connectivity index is 2.25. The highest BCUT2D eigenvalue weighted by atomic mass is 16.5. The van der Waals surface area contributed by atoms with E-state index < -0.39 is 0 Å². The smallest absolute Gasteiger partial charge is 0.137 e. The summed E-state index contributed by atoms with van der Waals surface area (Å²) in [5.41, 5.74) is 0. The molecule has 0 saturated carbocycles. The van der Waals surface area contributed by atoms with Gasteiger partial charge in [0.1, 0.15) is 5.75 Å². The number of nitrogens with zero attached hydrogens (tertiary/aromatic N) is 1. The summed E-state index contributed by atoms with van der Waals surface area (Å²) in [4.78, 5) is 3.89. The molecule has 0 aliphatic heterocycles. The fourth-order valence-electron chi connectivity index (χ4n) is 0.780. The van der Waals surface area contributed by atoms with Crippen LogP contribution >= 0.6 is 0 Å². The zero-order valence-corrected chi connectivity index (χ0v) is 7.10. The minimum Gasteiger partial charge on any atom is -0.492 e. The van der Waals surface area contributed by atoms with E-state index in [0.29, 0.717) is 13.0 Å². The van der Waals surface area contributed by atoms with E-state index in [-0.39, 0.29) is 6.10 Å². The number of hydrogen-bond acceptors (Lipinski definition) is 3. The van der Waals surface area contributed by atoms with Crippen LogP contribution in [0.1, 0.15) is 13.3 Å². The van der Waals surface area contributed by atoms with Crippen molar-refractivity contribution in [1.82, 2.24) is 4.98 Å². The minimum atomic E-state index is -0.304. The Morgan fingerprint density at radius 3 is 3.08 bits per heavy atom. The van der Waals surface area contributed by atoms with Crippen molar-refractivity contribution < 1.29 is 9.84 Å². The van der Waals surface area contributed by atoms with Crippen molar-refractivity contribution >= 4 is 0 Å². The maximum absolute atomic E-state index is 8.93. The van der Waals surface area contributed by atoms with Gasteiger partial charge in [0, 0.05) is 12.6 Å². The Bertz CT molecular complexity index is 211. The molecule has 1 aromatic rings. The molecule has 1 rings (SSSR count). The molecular formula is C9H13NO2. The third-order valence-corrected chi connectivity index (χ3v) is 1.44. The van der Waals surface area contributed by atoms with Gasteiger partial charge in [-0.2, -0.15) is 0 Å². The van der Waals surface area contributed by atoms with E-state index in [0.717, 1.165) is 5.75 Å². The molecule has 0 radical (unpaired) electrons. The summed E-state index contributed by atoms with van der Waals surface area (Å²) in [6, 6.07) is 3.66. The first-order chi connectivity index (χ1) is 5.79. The molecule has 0 spiro atoms. The second-order valence-electron chi connectivity index (χ2n) is 2.67. The van der Waals surface area contributed by atoms with Gasteiger partial charge in [0.15, 0.2) is 0 Å². The first kappa shape index (κ1) is 9.00. The van der Waals surface area contributed by atoms with Crippen molar-refractivity contribution in [3.8, 4) is 5.75 Å². The fraction of sp³-hybridized carbons (Fsp3) is 0.444. The van der Waals surface area contributed by atoms with Crippen LogP contribution in [-0.2, 0) is 0 Å². The van der Waals surface area contributed by atoms with Gasteiger partial charge >= 0.3 is 0 Å². The van der Waals surface area contributed by atoms with Gasteiger partial charge in [0.2, 0.25) is 0 Å². The average molecular weight is 167 g/mol. The molecule has 0 amide bonds. The standard InChI is InChI=1S/C9H13NO2/c1-8(11)4-6-12-9-3-2-5-10-7-9/h2-3,5,7-8,11H,4,6H2,1H3. The van der Waals surface area contributed by atoms with E-state index in [1.165, 1.54) is 0 Å². The van der Waals surface area contributed by atoms with Crippen molar-refractivity contribution in [1.29, 1.82) is 0 Å². The van der Waals surface area contributed by atoms with E-state index in [2.05, 4.69) is 4.98 Å². The zero-order chi connectivity index (χ0) is 8.81. The molecule has 66 valence electrons. The van der Waals surface area contributed by atoms with Gasteiger partial charge in [0.05, 0.1) is 18.9 Å². The molecule has 0 aliphatic rings. The SMILES string of the molecule is CC(O)CCOc1cccnc1. The minimum absolute atomic E-state index is 0.304. The van der Waals surface area contributed by atoms with Crippen molar-refractivity contribution in [3.05, 3.63) is 24.5 Å². The van der Waals surface area contributed by atoms with Crippen LogP contribution in [0.2, 0.25) is 0 Å². The summed E-state index contributed by atoms with van der Waals surface area (Å²) in [6.07, 6.45) is 3.69. The summed E-state index contributed by atoms with van der Waals surface area (Å²) >= 11 is 0. The van der Waals surface area contributed by atoms with Crippen molar-refractivity contribution in [3.63, 3.8) is 0 Å². The lowest BCUT2D eigenvalue weighted by molar-refractivity contribution is 0.155. The van der Waals surface area contributed by atoms with Crippen LogP contribution in [0.25, 0.3) is 0 Å². The number of aromatic nitrogens is 1. The Morgan fingerprint density at radius 1 is 1.67 bits per heavy atom. The quantitative estimate of drug-likeness (QED) is 0.733. The monoisotopic (exact) mass is 167 g/mol. The predicted octanol–water partition coefficient (Wildman–Crippen LogP) is 1.23. The lowest BCUT2D eigenvalue weighted by Gasteiger charge is -2.06. The van der Waals surface area contributed by atoms with Gasteiger partial charge in [-0.1, -0.05) is 0 Å². The molecule has 1 heterocycles. The molecule has 12 heavy (non-hydrogen) atoms. The molecule has 3 heteroatoms. The normalized spacial score (nSPS) is 12.5. The number of ether oxygens (including phenoxy) is 1. The second kappa shape index (κ2) is 4.72. The highest BCUT2D eigenvalue weighted by Crippen LogP contribution is 2.06. The summed E-state index contributed by atoms with van der Waals surface area (Å²) < 4.78 is 5.29. The number of pyridine rings is 1. The fourth-order valence-corrected chi connectivity index (χ4v) is 0.780. The molecule has 1 unspecified atom stereocenters. The van der Waals surface area contributed by atoms with E-state index in [1.54, 1.807) is 19.3 Å². The molecule has 1 atom stereocenters. The molecule has 0 saturated heterocycles. The van der Waals surface area contributed by atoms with Crippen LogP contribution in [0.4, 0.5) is 0 Å². The summed E-state index contributed by atoms with van der Waals surface area (Å²) in [5, 5.41) is 8.93. The van der Waals surface area contributed by atoms with E-state index >= 15 is 0 Å². The van der Waals surface area contributed by atoms with E-state index in [4.69, 9.17) is 9.84 Å². The van der Waals surface area contributed by atoms with Crippen molar-refractivity contribution in [2.24, 2.45) is 0 Å². The van der Waals surface area contributed by atoms with Gasteiger partial charge in [-0.3, -0.25) is 4.98 Å². The second-order valence-corrected chi connectivity index (χ2v) is 2.67. The zero-order valence-electron chi connectivity index (χ0n) is 7.10. The Hall–Kier alpha value is -1.09. The molecule has 0 fully saturated rings. The summed E-state index contributed by atoms with van der Waals surface area (Å²) in [5.74, 6) is 0.748. The van der Waals surface area contributed by atoms with Crippen LogP contribution in [0.15, 0.2) is 24.5 Å². The molecule has 3 nitrogen and oxygen atoms in total. The van der Waals surface area contributed by atoms with E-state index in [9.17, 15) is 0 Å². The van der Waals surface area contributed by atoms with Gasteiger partial charge in [-0.05, 0) is 19.1 Å². The summed E-state index contributed by atoms with van der Waals surface area (Å²) in [6.45, 7) is 2.27. The molecular weight excluding hydrogens is 154 g/mol. The number of aliphatic hydroxyl groups is 1. The molecule has 0 aromatic carbocycles. The first-order valence-electron chi connectivity index (χ1n) is 4.00. The Labute approximate surface area is 72.0 Å². The molecule has 1 aromatic heterocycles. The summed E-state index contributed by atoms with van der Waals surface area (Å²) in [7, 11) is 0. The van der Waals surface area contributed by atoms with Crippen LogP contribution in [-0.4, -0.2) is 22.8 Å². The molecule has 1 N–H and O–H groups in total. The van der Waals surface area contributed by atoms with E-state index in [1.807, 2.05) is 12.1 Å². The number of aliphatic hydroxyl groups excluding tert-OH is 1. The van der Waals surface area contributed by atoms with Crippen LogP contribution in [0.3, 0.4) is 0 Å². The lowest BCUT2D eigenvalue weighted by atomic mass is 10.3. The van der Waals surface area contributed by atoms with Crippen LogP contribution < -0.4 is 4.74 Å². The third-order valence-electron chi connectivity index (χ3n) is 1.44. The first-order valence-corrected chi connectivity index (χ1v) is 4.00.